The molecule has 0 bridgehead atoms. The van der Waals surface area contributed by atoms with Gasteiger partial charge in [-0.1, -0.05) is 35.9 Å². The number of rotatable bonds is 4. The second-order valence-corrected chi connectivity index (χ2v) is 3.83. The van der Waals surface area contributed by atoms with Crippen molar-refractivity contribution in [1.82, 2.24) is 0 Å². The largest absolute Gasteiger partial charge is 0.466 e. The van der Waals surface area contributed by atoms with E-state index in [4.69, 9.17) is 9.47 Å². The van der Waals surface area contributed by atoms with Gasteiger partial charge in [0.15, 0.2) is 0 Å². The minimum Gasteiger partial charge on any atom is -0.466 e. The minimum absolute atomic E-state index is 0.166. The third-order valence-corrected chi connectivity index (χ3v) is 2.17. The lowest BCUT2D eigenvalue weighted by Gasteiger charge is -2.07. The van der Waals surface area contributed by atoms with Crippen molar-refractivity contribution in [2.24, 2.45) is 0 Å². The van der Waals surface area contributed by atoms with E-state index in [1.807, 2.05) is 25.1 Å². The Bertz CT molecular complexity index is 296. The summed E-state index contributed by atoms with van der Waals surface area (Å²) in [5.74, 6) is -0.233. The van der Waals surface area contributed by atoms with Gasteiger partial charge in [0.1, 0.15) is 0 Å². The quantitative estimate of drug-likeness (QED) is 0.756. The lowest BCUT2D eigenvalue weighted by Crippen LogP contribution is -2.10. The van der Waals surface area contributed by atoms with Gasteiger partial charge in [-0.05, 0) is 13.8 Å². The molecule has 0 radical (unpaired) electrons. The third kappa shape index (κ3) is 10.9. The fraction of sp³-hybridized carbons (Fsp3) is 0.500. The smallest absolute Gasteiger partial charge is 0.302 e. The van der Waals surface area contributed by atoms with Crippen LogP contribution in [-0.2, 0) is 14.3 Å². The van der Waals surface area contributed by atoms with Crippen molar-refractivity contribution in [3.63, 3.8) is 0 Å². The summed E-state index contributed by atoms with van der Waals surface area (Å²) >= 11 is 0. The third-order valence-electron chi connectivity index (χ3n) is 2.17. The summed E-state index contributed by atoms with van der Waals surface area (Å²) in [4.78, 5) is 10.3. The molecule has 0 aliphatic heterocycles. The van der Waals surface area contributed by atoms with Gasteiger partial charge < -0.3 is 9.47 Å². The minimum atomic E-state index is -0.233. The summed E-state index contributed by atoms with van der Waals surface area (Å²) < 4.78 is 9.64. The van der Waals surface area contributed by atoms with Crippen LogP contribution in [0.5, 0.6) is 0 Å². The normalized spacial score (nSPS) is 11.1. The molecule has 1 atom stereocenters. The maximum absolute atomic E-state index is 10.3. The first kappa shape index (κ1) is 15.7. The first-order valence-corrected chi connectivity index (χ1v) is 5.74. The van der Waals surface area contributed by atoms with Crippen molar-refractivity contribution in [2.75, 3.05) is 13.7 Å². The zero-order chi connectivity index (χ0) is 13.1. The van der Waals surface area contributed by atoms with Crippen LogP contribution >= 0.6 is 0 Å². The Kier molecular flexibility index (Phi) is 9.06. The lowest BCUT2D eigenvalue weighted by molar-refractivity contribution is -0.141. The van der Waals surface area contributed by atoms with Crippen molar-refractivity contribution < 1.29 is 14.3 Å². The van der Waals surface area contributed by atoms with Crippen LogP contribution in [0.1, 0.15) is 25.8 Å². The van der Waals surface area contributed by atoms with Crippen LogP contribution in [0.15, 0.2) is 30.3 Å². The van der Waals surface area contributed by atoms with Gasteiger partial charge in [0.05, 0.1) is 12.7 Å². The molecule has 17 heavy (non-hydrogen) atoms. The molecular weight excluding hydrogens is 216 g/mol. The number of esters is 1. The molecule has 1 rings (SSSR count). The van der Waals surface area contributed by atoms with Crippen molar-refractivity contribution in [3.05, 3.63) is 35.9 Å². The second-order valence-electron chi connectivity index (χ2n) is 3.83. The maximum atomic E-state index is 10.3. The van der Waals surface area contributed by atoms with Crippen LogP contribution < -0.4 is 0 Å². The molecule has 3 nitrogen and oxygen atoms in total. The van der Waals surface area contributed by atoms with Gasteiger partial charge in [-0.2, -0.15) is 0 Å². The van der Waals surface area contributed by atoms with Crippen LogP contribution in [0.4, 0.5) is 0 Å². The molecule has 0 spiro atoms. The van der Waals surface area contributed by atoms with E-state index in [9.17, 15) is 4.79 Å². The molecule has 1 aromatic rings. The van der Waals surface area contributed by atoms with Crippen molar-refractivity contribution in [1.29, 1.82) is 0 Å². The van der Waals surface area contributed by atoms with Crippen LogP contribution in [0, 0.1) is 6.92 Å². The number of carbonyl (C=O) groups is 1. The molecule has 0 aromatic heterocycles. The second kappa shape index (κ2) is 9.85. The fourth-order valence-corrected chi connectivity index (χ4v) is 1.02. The van der Waals surface area contributed by atoms with Crippen LogP contribution in [0.3, 0.4) is 0 Å². The molecule has 3 heteroatoms. The van der Waals surface area contributed by atoms with Crippen LogP contribution in [-0.4, -0.2) is 25.8 Å². The number of ether oxygens (including phenoxy) is 2. The first-order chi connectivity index (χ1) is 8.06. The molecule has 0 N–H and O–H groups in total. The molecule has 0 aliphatic carbocycles. The lowest BCUT2D eigenvalue weighted by atomic mass is 10.2. The van der Waals surface area contributed by atoms with Gasteiger partial charge in [-0.25, -0.2) is 0 Å². The number of carbonyl (C=O) groups excluding carboxylic acids is 1. The van der Waals surface area contributed by atoms with Crippen LogP contribution in [0.25, 0.3) is 0 Å². The van der Waals surface area contributed by atoms with Crippen molar-refractivity contribution in [3.8, 4) is 0 Å². The van der Waals surface area contributed by atoms with Gasteiger partial charge in [0.2, 0.25) is 0 Å². The van der Waals surface area contributed by atoms with E-state index in [1.165, 1.54) is 12.5 Å². The number of aryl methyl sites for hydroxylation is 1. The highest BCUT2D eigenvalue weighted by Crippen LogP contribution is 1.95. The van der Waals surface area contributed by atoms with Gasteiger partial charge in [0, 0.05) is 20.5 Å². The average Bonchev–Trinajstić information content (AvgIpc) is 2.30. The maximum Gasteiger partial charge on any atom is 0.302 e. The Morgan fingerprint density at radius 2 is 1.88 bits per heavy atom. The summed E-state index contributed by atoms with van der Waals surface area (Å²) in [5, 5.41) is 0. The zero-order valence-electron chi connectivity index (χ0n) is 11.1. The standard InChI is InChI=1S/C7H14O3.C7H8/c1-6(9-3)4-5-10-7(2)8;1-7-5-3-2-4-6-7/h6H,4-5H2,1-3H3;2-6H,1H3. The first-order valence-electron chi connectivity index (χ1n) is 5.74. The molecule has 0 amide bonds. The molecule has 0 saturated heterocycles. The Hall–Kier alpha value is -1.35. The van der Waals surface area contributed by atoms with E-state index >= 15 is 0 Å². The highest BCUT2D eigenvalue weighted by molar-refractivity contribution is 5.65. The Labute approximate surface area is 104 Å². The summed E-state index contributed by atoms with van der Waals surface area (Å²) in [6.45, 7) is 5.87. The molecular formula is C14H22O3. The number of benzene rings is 1. The molecule has 0 saturated carbocycles. The van der Waals surface area contributed by atoms with E-state index in [-0.39, 0.29) is 12.1 Å². The van der Waals surface area contributed by atoms with E-state index in [1.54, 1.807) is 7.11 Å². The predicted molar refractivity (Wildman–Crippen MR) is 68.9 cm³/mol. The van der Waals surface area contributed by atoms with Crippen molar-refractivity contribution in [2.45, 2.75) is 33.3 Å². The van der Waals surface area contributed by atoms with Gasteiger partial charge in [-0.15, -0.1) is 0 Å². The molecule has 1 aromatic carbocycles. The van der Waals surface area contributed by atoms with Crippen molar-refractivity contribution >= 4 is 5.97 Å². The highest BCUT2D eigenvalue weighted by atomic mass is 16.5. The monoisotopic (exact) mass is 238 g/mol. The number of hydrogen-bond donors (Lipinski definition) is 0. The van der Waals surface area contributed by atoms with Gasteiger partial charge >= 0.3 is 5.97 Å². The van der Waals surface area contributed by atoms with E-state index in [0.29, 0.717) is 6.61 Å². The Morgan fingerprint density at radius 3 is 2.24 bits per heavy atom. The highest BCUT2D eigenvalue weighted by Gasteiger charge is 1.99. The van der Waals surface area contributed by atoms with E-state index in [0.717, 1.165) is 6.42 Å². The summed E-state index contributed by atoms with van der Waals surface area (Å²) in [7, 11) is 1.64. The fourth-order valence-electron chi connectivity index (χ4n) is 1.02. The number of hydrogen-bond acceptors (Lipinski definition) is 3. The Balaban J connectivity index is 0.000000318. The summed E-state index contributed by atoms with van der Waals surface area (Å²) in [6, 6.07) is 10.3. The van der Waals surface area contributed by atoms with Crippen LogP contribution in [0.2, 0.25) is 0 Å². The molecule has 0 fully saturated rings. The average molecular weight is 238 g/mol. The predicted octanol–water partition coefficient (Wildman–Crippen LogP) is 2.97. The summed E-state index contributed by atoms with van der Waals surface area (Å²) in [5.41, 5.74) is 1.32. The Morgan fingerprint density at radius 1 is 1.29 bits per heavy atom. The molecule has 1 unspecified atom stereocenters. The van der Waals surface area contributed by atoms with Gasteiger partial charge in [-0.3, -0.25) is 4.79 Å². The molecule has 0 heterocycles. The zero-order valence-corrected chi connectivity index (χ0v) is 11.1. The van der Waals surface area contributed by atoms with E-state index in [2.05, 4.69) is 19.1 Å². The van der Waals surface area contributed by atoms with Gasteiger partial charge in [0.25, 0.3) is 0 Å². The molecule has 96 valence electrons. The number of methoxy groups -OCH3 is 1. The summed E-state index contributed by atoms with van der Waals surface area (Å²) in [6.07, 6.45) is 0.926. The topological polar surface area (TPSA) is 35.5 Å². The molecule has 0 aliphatic rings. The van der Waals surface area contributed by atoms with E-state index < -0.39 is 0 Å². The SMILES string of the molecule is COC(C)CCOC(C)=O.Cc1ccccc1.